The van der Waals surface area contributed by atoms with Gasteiger partial charge < -0.3 is 0 Å². The zero-order chi connectivity index (χ0) is 12.8. The van der Waals surface area contributed by atoms with Crippen LogP contribution < -0.4 is 4.46 Å². The summed E-state index contributed by atoms with van der Waals surface area (Å²) in [6.07, 6.45) is 0. The Balaban J connectivity index is 1.85. The Bertz CT molecular complexity index is 468. The van der Waals surface area contributed by atoms with Gasteiger partial charge in [-0.1, -0.05) is 0 Å². The van der Waals surface area contributed by atoms with E-state index in [1.165, 1.54) is 14.9 Å². The van der Waals surface area contributed by atoms with Gasteiger partial charge in [0.15, 0.2) is 0 Å². The van der Waals surface area contributed by atoms with Crippen LogP contribution in [0.4, 0.5) is 0 Å². The fourth-order valence-electron chi connectivity index (χ4n) is 1.34. The zero-order valence-electron chi connectivity index (χ0n) is 9.97. The van der Waals surface area contributed by atoms with Crippen molar-refractivity contribution >= 4 is 42.8 Å². The van der Waals surface area contributed by atoms with Gasteiger partial charge in [-0.05, 0) is 0 Å². The molecule has 0 saturated heterocycles. The van der Waals surface area contributed by atoms with Crippen LogP contribution in [-0.4, -0.2) is 15.0 Å². The van der Waals surface area contributed by atoms with Crippen LogP contribution in [0.5, 0.6) is 0 Å². The Morgan fingerprint density at radius 3 is 2.33 bits per heavy atom. The van der Waals surface area contributed by atoms with E-state index in [9.17, 15) is 0 Å². The van der Waals surface area contributed by atoms with Crippen LogP contribution in [0.1, 0.15) is 5.56 Å². The van der Waals surface area contributed by atoms with Gasteiger partial charge in [0.2, 0.25) is 0 Å². The summed E-state index contributed by atoms with van der Waals surface area (Å²) in [6.45, 7) is 2.11. The number of halogens is 1. The normalized spacial score (nSPS) is 11.0. The van der Waals surface area contributed by atoms with Gasteiger partial charge in [-0.15, -0.1) is 0 Å². The summed E-state index contributed by atoms with van der Waals surface area (Å²) in [7, 11) is 0. The predicted molar refractivity (Wildman–Crippen MR) is 83.0 cm³/mol. The van der Waals surface area contributed by atoms with Crippen LogP contribution in [0, 0.1) is 6.92 Å². The molecule has 0 nitrogen and oxygen atoms in total. The second-order valence-corrected chi connectivity index (χ2v) is 7.25. The van der Waals surface area contributed by atoms with Crippen LogP contribution >= 0.6 is 23.4 Å². The first-order valence-corrected chi connectivity index (χ1v) is 8.65. The molecule has 0 aliphatic heterocycles. The topological polar surface area (TPSA) is 0 Å². The maximum absolute atomic E-state index is 5.84. The molecule has 0 radical (unpaired) electrons. The molecule has 92 valence electrons. The molecule has 0 aliphatic carbocycles. The van der Waals surface area contributed by atoms with E-state index in [0.717, 1.165) is 5.02 Å². The maximum atomic E-state index is 5.84. The third-order valence-corrected chi connectivity index (χ3v) is 5.47. The van der Waals surface area contributed by atoms with E-state index in [2.05, 4.69) is 41.6 Å². The van der Waals surface area contributed by atoms with Gasteiger partial charge in [0.1, 0.15) is 0 Å². The van der Waals surface area contributed by atoms with Crippen molar-refractivity contribution in [3.63, 3.8) is 0 Å². The van der Waals surface area contributed by atoms with E-state index in [4.69, 9.17) is 11.6 Å². The second-order valence-electron chi connectivity index (χ2n) is 3.77. The molecule has 0 aromatic heterocycles. The zero-order valence-corrected chi connectivity index (χ0v) is 13.3. The van der Waals surface area contributed by atoms with Crippen LogP contribution in [0.15, 0.2) is 63.8 Å². The van der Waals surface area contributed by atoms with Crippen molar-refractivity contribution in [3.05, 3.63) is 69.5 Å². The molecule has 0 aliphatic rings. The molecule has 0 bridgehead atoms. The van der Waals surface area contributed by atoms with Crippen LogP contribution in [0.3, 0.4) is 0 Å². The number of rotatable bonds is 4. The first-order valence-electron chi connectivity index (χ1n) is 5.54. The molecule has 0 amide bonds. The van der Waals surface area contributed by atoms with Crippen LogP contribution in [0.25, 0.3) is 0 Å². The quantitative estimate of drug-likeness (QED) is 0.593. The number of thioether (sulfide) groups is 1. The molecule has 0 heterocycles. The summed E-state index contributed by atoms with van der Waals surface area (Å²) in [5.41, 5.74) is 1.31. The van der Waals surface area contributed by atoms with Crippen molar-refractivity contribution in [1.82, 2.24) is 0 Å². The molecule has 2 aromatic rings. The van der Waals surface area contributed by atoms with E-state index >= 15 is 0 Å². The van der Waals surface area contributed by atoms with Gasteiger partial charge in [-0.2, -0.15) is 0 Å². The number of hydrogen-bond donors (Lipinski definition) is 0. The fourth-order valence-corrected chi connectivity index (χ4v) is 3.67. The molecular weight excluding hydrogens is 327 g/mol. The van der Waals surface area contributed by atoms with E-state index in [-0.39, 0.29) is 0 Å². The van der Waals surface area contributed by atoms with E-state index in [1.807, 2.05) is 24.3 Å². The monoisotopic (exact) mass is 340 g/mol. The van der Waals surface area contributed by atoms with Crippen molar-refractivity contribution in [2.75, 3.05) is 0 Å². The summed E-state index contributed by atoms with van der Waals surface area (Å²) in [5.74, 6) is 0. The Morgan fingerprint density at radius 1 is 1.00 bits per heavy atom. The molecule has 2 rings (SSSR count). The Labute approximate surface area is 124 Å². The van der Waals surface area contributed by atoms with Crippen molar-refractivity contribution in [1.29, 1.82) is 0 Å². The van der Waals surface area contributed by atoms with Gasteiger partial charge in [0.25, 0.3) is 0 Å². The van der Waals surface area contributed by atoms with Crippen molar-refractivity contribution in [2.45, 2.75) is 11.8 Å². The minimum atomic E-state index is 0.410. The molecule has 0 fully saturated rings. The third-order valence-electron chi connectivity index (χ3n) is 2.30. The Hall–Kier alpha value is -0.661. The number of hydrogen-bond acceptors (Lipinski definition) is 1. The second kappa shape index (κ2) is 7.06. The summed E-state index contributed by atoms with van der Waals surface area (Å²) in [4.78, 5) is 3.46. The van der Waals surface area contributed by atoms with Crippen LogP contribution in [0.2, 0.25) is 5.02 Å². The van der Waals surface area contributed by atoms with E-state index in [1.54, 1.807) is 11.8 Å². The number of aryl methyl sites for hydroxylation is 1. The average molecular weight is 340 g/mol. The van der Waals surface area contributed by atoms with Gasteiger partial charge in [0.05, 0.1) is 0 Å². The van der Waals surface area contributed by atoms with E-state index in [0.29, 0.717) is 15.0 Å². The molecule has 18 heavy (non-hydrogen) atoms. The Kier molecular flexibility index (Phi) is 5.40. The molecule has 0 spiro atoms. The molecule has 0 N–H and O–H groups in total. The fraction of sp³-hybridized carbons (Fsp3) is 0.0667. The third kappa shape index (κ3) is 4.55. The molecular formula is C15H13ClSSe. The summed E-state index contributed by atoms with van der Waals surface area (Å²) < 4.78 is 1.40. The van der Waals surface area contributed by atoms with Crippen molar-refractivity contribution < 1.29 is 0 Å². The SMILES string of the molecule is Cc1ccc([Se]/C=C/Sc2ccc(Cl)cc2)cc1. The molecule has 0 saturated carbocycles. The van der Waals surface area contributed by atoms with E-state index < -0.39 is 0 Å². The van der Waals surface area contributed by atoms with Crippen molar-refractivity contribution in [2.24, 2.45) is 0 Å². The summed E-state index contributed by atoms with van der Waals surface area (Å²) >= 11 is 7.98. The van der Waals surface area contributed by atoms with Gasteiger partial charge in [0, 0.05) is 0 Å². The molecule has 0 unspecified atom stereocenters. The Morgan fingerprint density at radius 2 is 1.67 bits per heavy atom. The first-order chi connectivity index (χ1) is 8.74. The van der Waals surface area contributed by atoms with Gasteiger partial charge in [-0.25, -0.2) is 0 Å². The van der Waals surface area contributed by atoms with Crippen molar-refractivity contribution in [3.8, 4) is 0 Å². The molecule has 2 aromatic carbocycles. The predicted octanol–water partition coefficient (Wildman–Crippen LogP) is 4.24. The average Bonchev–Trinajstić information content (AvgIpc) is 2.39. The van der Waals surface area contributed by atoms with Crippen LogP contribution in [-0.2, 0) is 0 Å². The first kappa shape index (κ1) is 13.8. The molecule has 0 atom stereocenters. The standard InChI is InChI=1S/C15H13ClSSe/c1-12-2-8-15(9-3-12)18-11-10-17-14-6-4-13(16)5-7-14/h2-11H,1H3/b11-10+. The van der Waals surface area contributed by atoms with Gasteiger partial charge in [-0.3, -0.25) is 0 Å². The molecule has 3 heteroatoms. The summed E-state index contributed by atoms with van der Waals surface area (Å²) in [5, 5.41) is 2.94. The number of benzene rings is 2. The van der Waals surface area contributed by atoms with Gasteiger partial charge >= 0.3 is 124 Å². The minimum absolute atomic E-state index is 0.410. The summed E-state index contributed by atoms with van der Waals surface area (Å²) in [6, 6.07) is 16.6.